The van der Waals surface area contributed by atoms with Gasteiger partial charge in [0.15, 0.2) is 0 Å². The summed E-state index contributed by atoms with van der Waals surface area (Å²) in [7, 11) is 0. The van der Waals surface area contributed by atoms with Gasteiger partial charge >= 0.3 is 0 Å². The van der Waals surface area contributed by atoms with Gasteiger partial charge in [0, 0.05) is 23.8 Å². The molecule has 92 valence electrons. The first-order chi connectivity index (χ1) is 8.50. The van der Waals surface area contributed by atoms with Crippen molar-refractivity contribution in [2.45, 2.75) is 6.92 Å². The molecule has 0 aliphatic heterocycles. The fourth-order valence-corrected chi connectivity index (χ4v) is 1.83. The average molecular weight is 245 g/mol. The Morgan fingerprint density at radius 3 is 2.50 bits per heavy atom. The quantitative estimate of drug-likeness (QED) is 0.481. The molecule has 0 aliphatic rings. The second-order valence-electron chi connectivity index (χ2n) is 3.84. The molecule has 0 aliphatic carbocycles. The molecule has 0 fully saturated rings. The molecular weight excluding hydrogens is 234 g/mol. The van der Waals surface area contributed by atoms with Crippen molar-refractivity contribution in [3.05, 3.63) is 40.4 Å². The predicted molar refractivity (Wildman–Crippen MR) is 69.3 cm³/mol. The molecule has 2 aromatic rings. The van der Waals surface area contributed by atoms with Crippen molar-refractivity contribution in [2.24, 2.45) is 0 Å². The lowest BCUT2D eigenvalue weighted by Crippen LogP contribution is -2.07. The molecule has 0 spiro atoms. The van der Waals surface area contributed by atoms with E-state index in [1.54, 1.807) is 24.3 Å². The normalized spacial score (nSPS) is 10.3. The van der Waals surface area contributed by atoms with E-state index < -0.39 is 4.92 Å². The maximum absolute atomic E-state index is 11.1. The van der Waals surface area contributed by atoms with Crippen LogP contribution in [0.2, 0.25) is 0 Å². The lowest BCUT2D eigenvalue weighted by atomic mass is 10.1. The van der Waals surface area contributed by atoms with Gasteiger partial charge in [-0.15, -0.1) is 0 Å². The molecule has 2 aromatic carbocycles. The maximum atomic E-state index is 11.1. The number of nitro benzene ring substituents is 1. The number of rotatable bonds is 2. The average Bonchev–Trinajstić information content (AvgIpc) is 2.32. The molecule has 3 N–H and O–H groups in total. The standard InChI is InChI=1S/C12H11N3O3/c1-7(16)14-10-6-11(15(17)18)12(13)9-5-3-2-4-8(9)10/h2-6H,13H2,1H3,(H,14,16). The van der Waals surface area contributed by atoms with Gasteiger partial charge < -0.3 is 11.1 Å². The second-order valence-corrected chi connectivity index (χ2v) is 3.84. The van der Waals surface area contributed by atoms with E-state index in [1.807, 2.05) is 0 Å². The summed E-state index contributed by atoms with van der Waals surface area (Å²) >= 11 is 0. The Morgan fingerprint density at radius 2 is 1.94 bits per heavy atom. The molecule has 0 radical (unpaired) electrons. The molecule has 0 bridgehead atoms. The number of nitro groups is 1. The number of carbonyl (C=O) groups is 1. The highest BCUT2D eigenvalue weighted by Gasteiger charge is 2.17. The van der Waals surface area contributed by atoms with Crippen molar-refractivity contribution in [1.29, 1.82) is 0 Å². The van der Waals surface area contributed by atoms with E-state index in [-0.39, 0.29) is 17.3 Å². The predicted octanol–water partition coefficient (Wildman–Crippen LogP) is 2.29. The summed E-state index contributed by atoms with van der Waals surface area (Å²) in [6.45, 7) is 1.34. The Morgan fingerprint density at radius 1 is 1.33 bits per heavy atom. The van der Waals surface area contributed by atoms with Crippen molar-refractivity contribution >= 4 is 33.7 Å². The number of nitrogen functional groups attached to an aromatic ring is 1. The van der Waals surface area contributed by atoms with Crippen LogP contribution in [0.5, 0.6) is 0 Å². The SMILES string of the molecule is CC(=O)Nc1cc([N+](=O)[O-])c(N)c2ccccc12. The van der Waals surface area contributed by atoms with Gasteiger partial charge in [-0.1, -0.05) is 24.3 Å². The summed E-state index contributed by atoms with van der Waals surface area (Å²) in [5, 5.41) is 14.7. The van der Waals surface area contributed by atoms with E-state index in [0.29, 0.717) is 16.5 Å². The van der Waals surface area contributed by atoms with E-state index in [4.69, 9.17) is 5.73 Å². The lowest BCUT2D eigenvalue weighted by Gasteiger charge is -2.09. The largest absolute Gasteiger partial charge is 0.393 e. The highest BCUT2D eigenvalue weighted by Crippen LogP contribution is 2.36. The van der Waals surface area contributed by atoms with E-state index in [0.717, 1.165) is 0 Å². The molecule has 1 amide bonds. The summed E-state index contributed by atoms with van der Waals surface area (Å²) in [6.07, 6.45) is 0. The zero-order chi connectivity index (χ0) is 13.3. The van der Waals surface area contributed by atoms with Crippen molar-refractivity contribution in [1.82, 2.24) is 0 Å². The molecule has 0 saturated heterocycles. The highest BCUT2D eigenvalue weighted by atomic mass is 16.6. The maximum Gasteiger partial charge on any atom is 0.294 e. The first-order valence-electron chi connectivity index (χ1n) is 5.24. The first-order valence-corrected chi connectivity index (χ1v) is 5.24. The molecular formula is C12H11N3O3. The van der Waals surface area contributed by atoms with Crippen LogP contribution in [0.15, 0.2) is 30.3 Å². The monoisotopic (exact) mass is 245 g/mol. The van der Waals surface area contributed by atoms with Gasteiger partial charge in [-0.3, -0.25) is 14.9 Å². The molecule has 0 saturated carbocycles. The zero-order valence-corrected chi connectivity index (χ0v) is 9.64. The fraction of sp³-hybridized carbons (Fsp3) is 0.0833. The van der Waals surface area contributed by atoms with Gasteiger partial charge in [-0.05, 0) is 0 Å². The lowest BCUT2D eigenvalue weighted by molar-refractivity contribution is -0.383. The number of fused-ring (bicyclic) bond motifs is 1. The first kappa shape index (κ1) is 11.8. The third-order valence-electron chi connectivity index (χ3n) is 2.57. The number of benzene rings is 2. The minimum Gasteiger partial charge on any atom is -0.393 e. The number of nitrogens with two attached hydrogens (primary N) is 1. The van der Waals surface area contributed by atoms with E-state index in [9.17, 15) is 14.9 Å². The van der Waals surface area contributed by atoms with Crippen molar-refractivity contribution in [3.8, 4) is 0 Å². The van der Waals surface area contributed by atoms with Crippen LogP contribution in [0.4, 0.5) is 17.1 Å². The van der Waals surface area contributed by atoms with Gasteiger partial charge in [-0.25, -0.2) is 0 Å². The van der Waals surface area contributed by atoms with Crippen LogP contribution in [-0.4, -0.2) is 10.8 Å². The van der Waals surface area contributed by atoms with Crippen LogP contribution in [0, 0.1) is 10.1 Å². The number of hydrogen-bond donors (Lipinski definition) is 2. The minimum absolute atomic E-state index is 0.102. The number of nitrogens with one attached hydrogen (secondary N) is 1. The summed E-state index contributed by atoms with van der Waals surface area (Å²) < 4.78 is 0. The molecule has 0 atom stereocenters. The highest BCUT2D eigenvalue weighted by molar-refractivity contribution is 6.08. The third-order valence-corrected chi connectivity index (χ3v) is 2.57. The molecule has 0 unspecified atom stereocenters. The van der Waals surface area contributed by atoms with Gasteiger partial charge in [0.05, 0.1) is 10.6 Å². The van der Waals surface area contributed by atoms with E-state index >= 15 is 0 Å². The second kappa shape index (κ2) is 4.33. The van der Waals surface area contributed by atoms with Gasteiger partial charge in [-0.2, -0.15) is 0 Å². The molecule has 18 heavy (non-hydrogen) atoms. The topological polar surface area (TPSA) is 98.3 Å². The van der Waals surface area contributed by atoms with Gasteiger partial charge in [0.2, 0.25) is 5.91 Å². The van der Waals surface area contributed by atoms with Crippen molar-refractivity contribution in [2.75, 3.05) is 11.1 Å². The van der Waals surface area contributed by atoms with Crippen LogP contribution < -0.4 is 11.1 Å². The number of amides is 1. The van der Waals surface area contributed by atoms with Crippen LogP contribution in [-0.2, 0) is 4.79 Å². The number of carbonyl (C=O) groups excluding carboxylic acids is 1. The van der Waals surface area contributed by atoms with Crippen LogP contribution in [0.3, 0.4) is 0 Å². The van der Waals surface area contributed by atoms with Crippen molar-refractivity contribution in [3.63, 3.8) is 0 Å². The Balaban J connectivity index is 2.79. The summed E-state index contributed by atoms with van der Waals surface area (Å²) in [6, 6.07) is 8.22. The summed E-state index contributed by atoms with van der Waals surface area (Å²) in [5.74, 6) is -0.292. The molecule has 2 rings (SSSR count). The zero-order valence-electron chi connectivity index (χ0n) is 9.64. The smallest absolute Gasteiger partial charge is 0.294 e. The van der Waals surface area contributed by atoms with Crippen molar-refractivity contribution < 1.29 is 9.72 Å². The van der Waals surface area contributed by atoms with E-state index in [2.05, 4.69) is 5.32 Å². The van der Waals surface area contributed by atoms with Crippen LogP contribution in [0.1, 0.15) is 6.92 Å². The Bertz CT molecular complexity index is 652. The Labute approximate surface area is 103 Å². The molecule has 0 aromatic heterocycles. The third kappa shape index (κ3) is 1.95. The number of anilines is 2. The number of nitrogens with zero attached hydrogens (tertiary/aromatic N) is 1. The Hall–Kier alpha value is -2.63. The molecule has 0 heterocycles. The molecule has 6 nitrogen and oxygen atoms in total. The molecule has 6 heteroatoms. The fourth-order valence-electron chi connectivity index (χ4n) is 1.83. The Kier molecular flexibility index (Phi) is 2.85. The van der Waals surface area contributed by atoms with Gasteiger partial charge in [0.25, 0.3) is 5.69 Å². The summed E-state index contributed by atoms with van der Waals surface area (Å²) in [5.41, 5.74) is 6.04. The summed E-state index contributed by atoms with van der Waals surface area (Å²) in [4.78, 5) is 21.5. The number of hydrogen-bond acceptors (Lipinski definition) is 4. The van der Waals surface area contributed by atoms with Crippen LogP contribution in [0.25, 0.3) is 10.8 Å². The van der Waals surface area contributed by atoms with Crippen LogP contribution >= 0.6 is 0 Å². The van der Waals surface area contributed by atoms with Gasteiger partial charge in [0.1, 0.15) is 5.69 Å². The minimum atomic E-state index is -0.562. The van der Waals surface area contributed by atoms with E-state index in [1.165, 1.54) is 13.0 Å².